The Hall–Kier alpha value is -1.13. The van der Waals surface area contributed by atoms with Crippen molar-refractivity contribution in [1.82, 2.24) is 0 Å². The quantitative estimate of drug-likeness (QED) is 0.712. The Morgan fingerprint density at radius 3 is 2.56 bits per heavy atom. The fraction of sp³-hybridized carbons (Fsp3) is 0.500. The molecule has 2 unspecified atom stereocenters. The van der Waals surface area contributed by atoms with Crippen molar-refractivity contribution in [3.8, 4) is 17.6 Å². The Morgan fingerprint density at radius 1 is 1.33 bits per heavy atom. The molecule has 1 rings (SSSR count). The molecular weight excluding hydrogens is 244 g/mol. The summed E-state index contributed by atoms with van der Waals surface area (Å²) in [5.74, 6) is 7.90. The van der Waals surface area contributed by atoms with E-state index in [1.54, 1.807) is 7.11 Å². The van der Waals surface area contributed by atoms with Gasteiger partial charge in [-0.25, -0.2) is 0 Å². The number of halogens is 1. The second-order valence-corrected chi connectivity index (χ2v) is 5.00. The molecule has 0 N–H and O–H groups in total. The predicted octanol–water partition coefficient (Wildman–Crippen LogP) is 4.81. The third-order valence-corrected chi connectivity index (χ3v) is 3.67. The first-order valence-corrected chi connectivity index (χ1v) is 6.71. The first-order valence-electron chi connectivity index (χ1n) is 6.33. The van der Waals surface area contributed by atoms with Crippen LogP contribution in [0.5, 0.6) is 5.75 Å². The SMILES string of the molecule is CCC#CC(C)C(C)c1cc(Cl)c(C)cc1OC. The van der Waals surface area contributed by atoms with E-state index in [2.05, 4.69) is 32.6 Å². The molecule has 0 bridgehead atoms. The summed E-state index contributed by atoms with van der Waals surface area (Å²) in [6, 6.07) is 4.00. The molecule has 0 saturated carbocycles. The highest BCUT2D eigenvalue weighted by molar-refractivity contribution is 6.31. The Kier molecular flexibility index (Phi) is 5.56. The van der Waals surface area contributed by atoms with Crippen molar-refractivity contribution in [3.05, 3.63) is 28.3 Å². The number of methoxy groups -OCH3 is 1. The van der Waals surface area contributed by atoms with E-state index in [0.29, 0.717) is 5.92 Å². The third-order valence-electron chi connectivity index (χ3n) is 3.26. The van der Waals surface area contributed by atoms with Crippen molar-refractivity contribution in [1.29, 1.82) is 0 Å². The third kappa shape index (κ3) is 3.43. The summed E-state index contributed by atoms with van der Waals surface area (Å²) in [7, 11) is 1.70. The van der Waals surface area contributed by atoms with Gasteiger partial charge in [0.2, 0.25) is 0 Å². The summed E-state index contributed by atoms with van der Waals surface area (Å²) in [4.78, 5) is 0. The van der Waals surface area contributed by atoms with Gasteiger partial charge in [-0.1, -0.05) is 38.3 Å². The highest BCUT2D eigenvalue weighted by atomic mass is 35.5. The average molecular weight is 265 g/mol. The summed E-state index contributed by atoms with van der Waals surface area (Å²) >= 11 is 6.20. The van der Waals surface area contributed by atoms with Gasteiger partial charge >= 0.3 is 0 Å². The van der Waals surface area contributed by atoms with Gasteiger partial charge in [-0.2, -0.15) is 0 Å². The van der Waals surface area contributed by atoms with E-state index in [4.69, 9.17) is 16.3 Å². The molecule has 0 spiro atoms. The van der Waals surface area contributed by atoms with Crippen molar-refractivity contribution < 1.29 is 4.74 Å². The lowest BCUT2D eigenvalue weighted by atomic mass is 9.88. The fourth-order valence-corrected chi connectivity index (χ4v) is 2.03. The zero-order valence-electron chi connectivity index (χ0n) is 11.8. The predicted molar refractivity (Wildman–Crippen MR) is 78.4 cm³/mol. The lowest BCUT2D eigenvalue weighted by Crippen LogP contribution is -2.06. The molecule has 1 aromatic rings. The van der Waals surface area contributed by atoms with Gasteiger partial charge in [0.05, 0.1) is 7.11 Å². The van der Waals surface area contributed by atoms with Gasteiger partial charge in [0.1, 0.15) is 5.75 Å². The molecule has 0 aromatic heterocycles. The van der Waals surface area contributed by atoms with Gasteiger partial charge in [-0.15, -0.1) is 5.92 Å². The van der Waals surface area contributed by atoms with Crippen molar-refractivity contribution in [2.75, 3.05) is 7.11 Å². The van der Waals surface area contributed by atoms with Crippen LogP contribution in [0.2, 0.25) is 5.02 Å². The van der Waals surface area contributed by atoms with Crippen LogP contribution in [0.1, 0.15) is 44.2 Å². The molecule has 0 fully saturated rings. The lowest BCUT2D eigenvalue weighted by Gasteiger charge is -2.19. The van der Waals surface area contributed by atoms with Gasteiger partial charge < -0.3 is 4.74 Å². The van der Waals surface area contributed by atoms with E-state index in [1.807, 2.05) is 19.1 Å². The molecule has 0 amide bonds. The topological polar surface area (TPSA) is 9.23 Å². The highest BCUT2D eigenvalue weighted by Crippen LogP contribution is 2.35. The normalized spacial score (nSPS) is 13.4. The van der Waals surface area contributed by atoms with Gasteiger partial charge in [0, 0.05) is 17.4 Å². The molecule has 2 heteroatoms. The van der Waals surface area contributed by atoms with Crippen LogP contribution in [0.4, 0.5) is 0 Å². The van der Waals surface area contributed by atoms with Gasteiger partial charge in [0.15, 0.2) is 0 Å². The molecule has 1 nitrogen and oxygen atoms in total. The molecule has 98 valence electrons. The summed E-state index contributed by atoms with van der Waals surface area (Å²) in [6.45, 7) is 8.35. The Bertz CT molecular complexity index is 468. The molecular formula is C16H21ClO. The van der Waals surface area contributed by atoms with E-state index >= 15 is 0 Å². The van der Waals surface area contributed by atoms with Crippen LogP contribution in [0.15, 0.2) is 12.1 Å². The number of hydrogen-bond donors (Lipinski definition) is 0. The van der Waals surface area contributed by atoms with Gasteiger partial charge in [-0.05, 0) is 36.1 Å². The molecule has 0 saturated heterocycles. The van der Waals surface area contributed by atoms with Crippen molar-refractivity contribution in [2.24, 2.45) is 5.92 Å². The minimum atomic E-state index is 0.289. The number of ether oxygens (including phenoxy) is 1. The standard InChI is InChI=1S/C16H21ClO/c1-6-7-8-11(2)13(4)14-10-15(17)12(3)9-16(14)18-5/h9-11,13H,6H2,1-5H3. The summed E-state index contributed by atoms with van der Waals surface area (Å²) in [5.41, 5.74) is 2.17. The van der Waals surface area contributed by atoms with E-state index in [9.17, 15) is 0 Å². The minimum absolute atomic E-state index is 0.289. The lowest BCUT2D eigenvalue weighted by molar-refractivity contribution is 0.402. The highest BCUT2D eigenvalue weighted by Gasteiger charge is 2.18. The van der Waals surface area contributed by atoms with E-state index in [-0.39, 0.29) is 5.92 Å². The molecule has 18 heavy (non-hydrogen) atoms. The number of aryl methyl sites for hydroxylation is 1. The second kappa shape index (κ2) is 6.71. The van der Waals surface area contributed by atoms with Gasteiger partial charge in [0.25, 0.3) is 0 Å². The van der Waals surface area contributed by atoms with E-state index < -0.39 is 0 Å². The molecule has 2 atom stereocenters. The molecule has 0 aliphatic carbocycles. The Morgan fingerprint density at radius 2 is 2.00 bits per heavy atom. The van der Waals surface area contributed by atoms with Crippen molar-refractivity contribution >= 4 is 11.6 Å². The summed E-state index contributed by atoms with van der Waals surface area (Å²) in [5, 5.41) is 0.785. The molecule has 1 aromatic carbocycles. The molecule has 0 radical (unpaired) electrons. The number of hydrogen-bond acceptors (Lipinski definition) is 1. The van der Waals surface area contributed by atoms with E-state index in [1.165, 1.54) is 0 Å². The molecule has 0 heterocycles. The molecule has 0 aliphatic heterocycles. The fourth-order valence-electron chi connectivity index (χ4n) is 1.86. The van der Waals surface area contributed by atoms with Crippen LogP contribution >= 0.6 is 11.6 Å². The van der Waals surface area contributed by atoms with Crippen molar-refractivity contribution in [2.45, 2.75) is 40.0 Å². The van der Waals surface area contributed by atoms with E-state index in [0.717, 1.165) is 28.3 Å². The van der Waals surface area contributed by atoms with Crippen LogP contribution in [0, 0.1) is 24.7 Å². The zero-order chi connectivity index (χ0) is 13.7. The maximum atomic E-state index is 6.20. The monoisotopic (exact) mass is 264 g/mol. The maximum Gasteiger partial charge on any atom is 0.122 e. The largest absolute Gasteiger partial charge is 0.496 e. The van der Waals surface area contributed by atoms with Crippen LogP contribution in [-0.4, -0.2) is 7.11 Å². The summed E-state index contributed by atoms with van der Waals surface area (Å²) < 4.78 is 5.45. The maximum absolute atomic E-state index is 6.20. The van der Waals surface area contributed by atoms with Crippen LogP contribution in [0.25, 0.3) is 0 Å². The molecule has 0 aliphatic rings. The smallest absolute Gasteiger partial charge is 0.122 e. The number of rotatable bonds is 3. The van der Waals surface area contributed by atoms with Gasteiger partial charge in [-0.3, -0.25) is 0 Å². The second-order valence-electron chi connectivity index (χ2n) is 4.60. The average Bonchev–Trinajstić information content (AvgIpc) is 2.37. The minimum Gasteiger partial charge on any atom is -0.496 e. The van der Waals surface area contributed by atoms with Crippen LogP contribution in [-0.2, 0) is 0 Å². The van der Waals surface area contributed by atoms with Crippen LogP contribution < -0.4 is 4.74 Å². The first-order chi connectivity index (χ1) is 8.51. The Labute approximate surface area is 115 Å². The summed E-state index contributed by atoms with van der Waals surface area (Å²) in [6.07, 6.45) is 0.892. The van der Waals surface area contributed by atoms with Crippen molar-refractivity contribution in [3.63, 3.8) is 0 Å². The zero-order valence-corrected chi connectivity index (χ0v) is 12.6. The Balaban J connectivity index is 3.11. The number of benzene rings is 1. The first kappa shape index (κ1) is 14.9. The van der Waals surface area contributed by atoms with Crippen LogP contribution in [0.3, 0.4) is 0 Å².